The van der Waals surface area contributed by atoms with Crippen LogP contribution in [0.1, 0.15) is 25.5 Å². The van der Waals surface area contributed by atoms with Crippen LogP contribution < -0.4 is 5.73 Å². The molecule has 2 N–H and O–H groups in total. The first kappa shape index (κ1) is 11.9. The molecule has 0 amide bonds. The van der Waals surface area contributed by atoms with E-state index in [-0.39, 0.29) is 0 Å². The van der Waals surface area contributed by atoms with Crippen LogP contribution >= 0.6 is 0 Å². The van der Waals surface area contributed by atoms with Gasteiger partial charge in [-0.1, -0.05) is 31.2 Å². The molecule has 0 aliphatic heterocycles. The van der Waals surface area contributed by atoms with Crippen molar-refractivity contribution in [3.8, 4) is 11.3 Å². The lowest BCUT2D eigenvalue weighted by atomic mass is 10.1. The van der Waals surface area contributed by atoms with Crippen molar-refractivity contribution >= 4 is 0 Å². The van der Waals surface area contributed by atoms with Crippen molar-refractivity contribution in [2.45, 2.75) is 26.3 Å². The molecule has 1 atom stereocenters. The van der Waals surface area contributed by atoms with Gasteiger partial charge in [-0.05, 0) is 18.9 Å². The third-order valence-corrected chi connectivity index (χ3v) is 3.11. The molecule has 1 aromatic heterocycles. The summed E-state index contributed by atoms with van der Waals surface area (Å²) >= 11 is 0. The monoisotopic (exact) mass is 229 g/mol. The molecule has 0 aliphatic carbocycles. The molecule has 0 spiro atoms. The molecule has 1 unspecified atom stereocenters. The standard InChI is InChI=1S/C14H19N3/c1-3-12-4-6-13(7-5-12)14-9-17(10-16-14)11(2)8-15/h4-7,9-11H,3,8,15H2,1-2H3. The molecule has 0 saturated heterocycles. The predicted octanol–water partition coefficient (Wildman–Crippen LogP) is 2.63. The first-order valence-electron chi connectivity index (χ1n) is 6.07. The highest BCUT2D eigenvalue weighted by Gasteiger charge is 2.05. The van der Waals surface area contributed by atoms with Crippen molar-refractivity contribution in [2.75, 3.05) is 6.54 Å². The number of benzene rings is 1. The molecule has 1 aromatic carbocycles. The molecule has 3 nitrogen and oxygen atoms in total. The molecule has 3 heteroatoms. The maximum Gasteiger partial charge on any atom is 0.0956 e. The summed E-state index contributed by atoms with van der Waals surface area (Å²) in [5.41, 5.74) is 9.16. The number of aryl methyl sites for hydroxylation is 1. The second-order valence-corrected chi connectivity index (χ2v) is 4.34. The van der Waals surface area contributed by atoms with E-state index in [0.717, 1.165) is 17.7 Å². The average molecular weight is 229 g/mol. The highest BCUT2D eigenvalue weighted by atomic mass is 15.1. The molecular weight excluding hydrogens is 210 g/mol. The van der Waals surface area contributed by atoms with Crippen molar-refractivity contribution in [3.05, 3.63) is 42.4 Å². The SMILES string of the molecule is CCc1ccc(-c2cn(C(C)CN)cn2)cc1. The molecular formula is C14H19N3. The third kappa shape index (κ3) is 2.56. The number of hydrogen-bond acceptors (Lipinski definition) is 2. The quantitative estimate of drug-likeness (QED) is 0.875. The van der Waals surface area contributed by atoms with Gasteiger partial charge in [0.05, 0.1) is 12.0 Å². The van der Waals surface area contributed by atoms with E-state index in [1.807, 2.05) is 6.33 Å². The summed E-state index contributed by atoms with van der Waals surface area (Å²) < 4.78 is 2.06. The maximum absolute atomic E-state index is 5.64. The molecule has 2 aromatic rings. The van der Waals surface area contributed by atoms with Gasteiger partial charge in [0.15, 0.2) is 0 Å². The Hall–Kier alpha value is -1.61. The Labute approximate surface area is 102 Å². The number of hydrogen-bond donors (Lipinski definition) is 1. The Morgan fingerprint density at radius 2 is 2.00 bits per heavy atom. The van der Waals surface area contributed by atoms with Crippen molar-refractivity contribution in [3.63, 3.8) is 0 Å². The van der Waals surface area contributed by atoms with E-state index in [1.165, 1.54) is 5.56 Å². The topological polar surface area (TPSA) is 43.8 Å². The molecule has 0 fully saturated rings. The fourth-order valence-electron chi connectivity index (χ4n) is 1.76. The first-order valence-corrected chi connectivity index (χ1v) is 6.07. The van der Waals surface area contributed by atoms with Gasteiger partial charge < -0.3 is 10.3 Å². The van der Waals surface area contributed by atoms with Crippen molar-refractivity contribution in [1.82, 2.24) is 9.55 Å². The van der Waals surface area contributed by atoms with Gasteiger partial charge in [-0.15, -0.1) is 0 Å². The summed E-state index contributed by atoms with van der Waals surface area (Å²) in [6.07, 6.45) is 4.97. The lowest BCUT2D eigenvalue weighted by Crippen LogP contribution is -2.14. The van der Waals surface area contributed by atoms with Crippen LogP contribution in [-0.4, -0.2) is 16.1 Å². The van der Waals surface area contributed by atoms with Crippen LogP contribution in [0.25, 0.3) is 11.3 Å². The number of nitrogens with zero attached hydrogens (tertiary/aromatic N) is 2. The van der Waals surface area contributed by atoms with E-state index < -0.39 is 0 Å². The van der Waals surface area contributed by atoms with Crippen LogP contribution in [0.3, 0.4) is 0 Å². The Morgan fingerprint density at radius 3 is 2.59 bits per heavy atom. The summed E-state index contributed by atoms with van der Waals surface area (Å²) in [5.74, 6) is 0. The fraction of sp³-hybridized carbons (Fsp3) is 0.357. The fourth-order valence-corrected chi connectivity index (χ4v) is 1.76. The Balaban J connectivity index is 2.24. The van der Waals surface area contributed by atoms with E-state index in [2.05, 4.69) is 53.9 Å². The van der Waals surface area contributed by atoms with E-state index in [4.69, 9.17) is 5.73 Å². The second-order valence-electron chi connectivity index (χ2n) is 4.34. The average Bonchev–Trinajstić information content (AvgIpc) is 2.87. The van der Waals surface area contributed by atoms with Crippen LogP contribution in [-0.2, 0) is 6.42 Å². The molecule has 2 rings (SSSR count). The van der Waals surface area contributed by atoms with Gasteiger partial charge in [-0.2, -0.15) is 0 Å². The van der Waals surface area contributed by atoms with Crippen molar-refractivity contribution in [2.24, 2.45) is 5.73 Å². The number of nitrogens with two attached hydrogens (primary N) is 1. The first-order chi connectivity index (χ1) is 8.24. The lowest BCUT2D eigenvalue weighted by molar-refractivity contribution is 0.558. The Kier molecular flexibility index (Phi) is 3.59. The van der Waals surface area contributed by atoms with Gasteiger partial charge in [0, 0.05) is 24.3 Å². The summed E-state index contributed by atoms with van der Waals surface area (Å²) in [4.78, 5) is 4.42. The molecule has 17 heavy (non-hydrogen) atoms. The molecule has 0 bridgehead atoms. The van der Waals surface area contributed by atoms with Crippen molar-refractivity contribution < 1.29 is 0 Å². The molecule has 1 heterocycles. The lowest BCUT2D eigenvalue weighted by Gasteiger charge is -2.08. The zero-order valence-electron chi connectivity index (χ0n) is 10.4. The van der Waals surface area contributed by atoms with E-state index in [9.17, 15) is 0 Å². The Morgan fingerprint density at radius 1 is 1.29 bits per heavy atom. The summed E-state index contributed by atoms with van der Waals surface area (Å²) in [6, 6.07) is 8.85. The van der Waals surface area contributed by atoms with E-state index >= 15 is 0 Å². The second kappa shape index (κ2) is 5.15. The zero-order chi connectivity index (χ0) is 12.3. The molecule has 90 valence electrons. The maximum atomic E-state index is 5.64. The van der Waals surface area contributed by atoms with Crippen LogP contribution in [0, 0.1) is 0 Å². The van der Waals surface area contributed by atoms with Crippen LogP contribution in [0.5, 0.6) is 0 Å². The van der Waals surface area contributed by atoms with Gasteiger partial charge in [0.1, 0.15) is 0 Å². The minimum absolute atomic E-state index is 0.297. The molecule has 0 radical (unpaired) electrons. The van der Waals surface area contributed by atoms with E-state index in [0.29, 0.717) is 12.6 Å². The Bertz CT molecular complexity index is 470. The van der Waals surface area contributed by atoms with Gasteiger partial charge in [-0.3, -0.25) is 0 Å². The molecule has 0 saturated carbocycles. The minimum Gasteiger partial charge on any atom is -0.333 e. The van der Waals surface area contributed by atoms with Gasteiger partial charge in [-0.25, -0.2) is 4.98 Å². The van der Waals surface area contributed by atoms with Gasteiger partial charge in [0.25, 0.3) is 0 Å². The third-order valence-electron chi connectivity index (χ3n) is 3.11. The zero-order valence-corrected chi connectivity index (χ0v) is 10.4. The summed E-state index contributed by atoms with van der Waals surface area (Å²) in [7, 11) is 0. The normalized spacial score (nSPS) is 12.6. The molecule has 0 aliphatic rings. The number of imidazole rings is 1. The van der Waals surface area contributed by atoms with E-state index in [1.54, 1.807) is 0 Å². The highest BCUT2D eigenvalue weighted by Crippen LogP contribution is 2.19. The summed E-state index contributed by atoms with van der Waals surface area (Å²) in [5, 5.41) is 0. The number of rotatable bonds is 4. The van der Waals surface area contributed by atoms with Crippen LogP contribution in [0.2, 0.25) is 0 Å². The largest absolute Gasteiger partial charge is 0.333 e. The van der Waals surface area contributed by atoms with Crippen LogP contribution in [0.15, 0.2) is 36.8 Å². The smallest absolute Gasteiger partial charge is 0.0956 e. The summed E-state index contributed by atoms with van der Waals surface area (Å²) in [6.45, 7) is 4.88. The predicted molar refractivity (Wildman–Crippen MR) is 70.8 cm³/mol. The minimum atomic E-state index is 0.297. The highest BCUT2D eigenvalue weighted by molar-refractivity contribution is 5.58. The van der Waals surface area contributed by atoms with Crippen LogP contribution in [0.4, 0.5) is 0 Å². The van der Waals surface area contributed by atoms with Crippen molar-refractivity contribution in [1.29, 1.82) is 0 Å². The number of aromatic nitrogens is 2. The van der Waals surface area contributed by atoms with Gasteiger partial charge >= 0.3 is 0 Å². The van der Waals surface area contributed by atoms with Gasteiger partial charge in [0.2, 0.25) is 0 Å².